The summed E-state index contributed by atoms with van der Waals surface area (Å²) < 4.78 is 13.9. The van der Waals surface area contributed by atoms with Gasteiger partial charge in [0.15, 0.2) is 0 Å². The lowest BCUT2D eigenvalue weighted by atomic mass is 10.0. The van der Waals surface area contributed by atoms with E-state index in [1.807, 2.05) is 6.07 Å². The van der Waals surface area contributed by atoms with Crippen LogP contribution in [-0.2, 0) is 0 Å². The molecule has 7 heteroatoms. The van der Waals surface area contributed by atoms with Crippen molar-refractivity contribution in [2.75, 3.05) is 5.32 Å². The molecule has 2 aromatic carbocycles. The second-order valence-electron chi connectivity index (χ2n) is 5.67. The maximum Gasteiger partial charge on any atom is 0.338 e. The van der Waals surface area contributed by atoms with Gasteiger partial charge in [0.2, 0.25) is 0 Å². The first kappa shape index (κ1) is 16.2. The molecule has 0 amide bonds. The first-order chi connectivity index (χ1) is 12.5. The van der Waals surface area contributed by atoms with Gasteiger partial charge in [0.1, 0.15) is 11.6 Å². The molecule has 0 saturated heterocycles. The minimum Gasteiger partial charge on any atom is -0.478 e. The fourth-order valence-corrected chi connectivity index (χ4v) is 3.06. The fourth-order valence-electron chi connectivity index (χ4n) is 2.87. The van der Waals surface area contributed by atoms with Crippen LogP contribution in [-0.4, -0.2) is 21.0 Å². The summed E-state index contributed by atoms with van der Waals surface area (Å²) in [5, 5.41) is 14.8. The predicted molar refractivity (Wildman–Crippen MR) is 98.7 cm³/mol. The third-order valence-electron chi connectivity index (χ3n) is 3.98. The number of rotatable bonds is 3. The molecule has 0 bridgehead atoms. The van der Waals surface area contributed by atoms with Crippen LogP contribution < -0.4 is 5.32 Å². The second-order valence-corrected chi connectivity index (χ2v) is 6.11. The number of nitrogens with zero attached hydrogens (tertiary/aromatic N) is 2. The molecule has 4 aromatic rings. The third kappa shape index (κ3) is 2.80. The first-order valence-corrected chi connectivity index (χ1v) is 8.03. The molecule has 2 aromatic heterocycles. The smallest absolute Gasteiger partial charge is 0.338 e. The summed E-state index contributed by atoms with van der Waals surface area (Å²) in [7, 11) is 0. The summed E-state index contributed by atoms with van der Waals surface area (Å²) in [5.74, 6) is -1.46. The van der Waals surface area contributed by atoms with Gasteiger partial charge in [-0.2, -0.15) is 0 Å². The molecule has 0 unspecified atom stereocenters. The molecule has 4 rings (SSSR count). The number of hydrogen-bond donors (Lipinski definition) is 2. The molecule has 0 atom stereocenters. The Bertz CT molecular complexity index is 1180. The van der Waals surface area contributed by atoms with Gasteiger partial charge < -0.3 is 10.4 Å². The quantitative estimate of drug-likeness (QED) is 0.497. The molecule has 2 heterocycles. The lowest BCUT2D eigenvalue weighted by Crippen LogP contribution is -2.03. The zero-order valence-electron chi connectivity index (χ0n) is 13.2. The van der Waals surface area contributed by atoms with Crippen molar-refractivity contribution in [1.82, 2.24) is 9.97 Å². The van der Waals surface area contributed by atoms with Gasteiger partial charge in [0.25, 0.3) is 0 Å². The van der Waals surface area contributed by atoms with Crippen LogP contribution in [0.5, 0.6) is 0 Å². The number of benzene rings is 2. The van der Waals surface area contributed by atoms with Gasteiger partial charge in [-0.25, -0.2) is 14.2 Å². The van der Waals surface area contributed by atoms with Crippen LogP contribution in [0.15, 0.2) is 54.9 Å². The maximum atomic E-state index is 13.9. The largest absolute Gasteiger partial charge is 0.478 e. The van der Waals surface area contributed by atoms with Crippen LogP contribution >= 0.6 is 11.6 Å². The average molecular weight is 368 g/mol. The highest BCUT2D eigenvalue weighted by Crippen LogP contribution is 2.33. The summed E-state index contributed by atoms with van der Waals surface area (Å²) in [6, 6.07) is 11.0. The highest BCUT2D eigenvalue weighted by atomic mass is 35.5. The maximum absolute atomic E-state index is 13.9. The normalized spacial score (nSPS) is 11.0. The Balaban J connectivity index is 2.04. The van der Waals surface area contributed by atoms with E-state index in [2.05, 4.69) is 15.3 Å². The van der Waals surface area contributed by atoms with Crippen molar-refractivity contribution in [3.8, 4) is 0 Å². The SMILES string of the molecule is O=C(O)c1cc(F)cc2c1nc(Nc1cccc(Cl)c1)c1ccncc12. The number of halogens is 2. The topological polar surface area (TPSA) is 75.1 Å². The van der Waals surface area contributed by atoms with Crippen LogP contribution in [0.4, 0.5) is 15.9 Å². The highest BCUT2D eigenvalue weighted by Gasteiger charge is 2.17. The molecule has 0 spiro atoms. The number of anilines is 2. The van der Waals surface area contributed by atoms with Gasteiger partial charge in [0.05, 0.1) is 11.1 Å². The number of nitrogens with one attached hydrogen (secondary N) is 1. The molecule has 0 radical (unpaired) electrons. The number of hydrogen-bond acceptors (Lipinski definition) is 4. The zero-order valence-corrected chi connectivity index (χ0v) is 14.0. The van der Waals surface area contributed by atoms with Crippen molar-refractivity contribution in [2.45, 2.75) is 0 Å². The van der Waals surface area contributed by atoms with E-state index >= 15 is 0 Å². The summed E-state index contributed by atoms with van der Waals surface area (Å²) in [4.78, 5) is 20.1. The number of aromatic carboxylic acids is 1. The second kappa shape index (κ2) is 6.24. The van der Waals surface area contributed by atoms with Crippen molar-refractivity contribution in [2.24, 2.45) is 0 Å². The standard InChI is InChI=1S/C19H11ClFN3O2/c20-10-2-1-3-12(6-10)23-18-13-4-5-22-9-16(13)14-7-11(21)8-15(19(25)26)17(14)24-18/h1-9H,(H,23,24)(H,25,26). The van der Waals surface area contributed by atoms with Crippen molar-refractivity contribution in [1.29, 1.82) is 0 Å². The number of fused-ring (bicyclic) bond motifs is 3. The van der Waals surface area contributed by atoms with Gasteiger partial charge in [-0.15, -0.1) is 0 Å². The molecular formula is C19H11ClFN3O2. The van der Waals surface area contributed by atoms with Gasteiger partial charge >= 0.3 is 5.97 Å². The van der Waals surface area contributed by atoms with Crippen LogP contribution in [0.1, 0.15) is 10.4 Å². The first-order valence-electron chi connectivity index (χ1n) is 7.66. The summed E-state index contributed by atoms with van der Waals surface area (Å²) >= 11 is 6.02. The van der Waals surface area contributed by atoms with E-state index in [1.165, 1.54) is 6.07 Å². The van der Waals surface area contributed by atoms with Crippen LogP contribution in [0.2, 0.25) is 5.02 Å². The lowest BCUT2D eigenvalue weighted by molar-refractivity contribution is 0.0698. The zero-order chi connectivity index (χ0) is 18.3. The Kier molecular flexibility index (Phi) is 3.89. The van der Waals surface area contributed by atoms with E-state index in [9.17, 15) is 14.3 Å². The molecule has 0 saturated carbocycles. The number of pyridine rings is 2. The van der Waals surface area contributed by atoms with E-state index in [4.69, 9.17) is 11.6 Å². The van der Waals surface area contributed by atoms with E-state index in [0.717, 1.165) is 6.07 Å². The van der Waals surface area contributed by atoms with Gasteiger partial charge in [0, 0.05) is 39.3 Å². The van der Waals surface area contributed by atoms with Crippen molar-refractivity contribution in [3.63, 3.8) is 0 Å². The van der Waals surface area contributed by atoms with Crippen molar-refractivity contribution < 1.29 is 14.3 Å². The summed E-state index contributed by atoms with van der Waals surface area (Å²) in [5.41, 5.74) is 0.672. The molecule has 5 nitrogen and oxygen atoms in total. The Labute approximate surface area is 152 Å². The van der Waals surface area contributed by atoms with Gasteiger partial charge in [-0.05, 0) is 36.4 Å². The van der Waals surface area contributed by atoms with Crippen LogP contribution in [0, 0.1) is 5.82 Å². The summed E-state index contributed by atoms with van der Waals surface area (Å²) in [6.45, 7) is 0. The van der Waals surface area contributed by atoms with E-state index in [0.29, 0.717) is 32.7 Å². The number of carbonyl (C=O) groups is 1. The van der Waals surface area contributed by atoms with Gasteiger partial charge in [-0.3, -0.25) is 4.98 Å². The number of carboxylic acid groups (broad SMARTS) is 1. The minimum atomic E-state index is -1.25. The molecule has 128 valence electrons. The molecule has 0 aliphatic heterocycles. The lowest BCUT2D eigenvalue weighted by Gasteiger charge is -2.13. The Morgan fingerprint density at radius 2 is 1.96 bits per heavy atom. The summed E-state index contributed by atoms with van der Waals surface area (Å²) in [6.07, 6.45) is 3.16. The molecular weight excluding hydrogens is 357 g/mol. The van der Waals surface area contributed by atoms with E-state index in [1.54, 1.807) is 36.7 Å². The molecule has 2 N–H and O–H groups in total. The Morgan fingerprint density at radius 3 is 2.73 bits per heavy atom. The van der Waals surface area contributed by atoms with Crippen molar-refractivity contribution >= 4 is 50.8 Å². The Hall–Kier alpha value is -3.25. The number of carboxylic acids is 1. The third-order valence-corrected chi connectivity index (χ3v) is 4.22. The Morgan fingerprint density at radius 1 is 1.12 bits per heavy atom. The minimum absolute atomic E-state index is 0.184. The molecule has 0 fully saturated rings. The monoisotopic (exact) mass is 367 g/mol. The average Bonchev–Trinajstić information content (AvgIpc) is 2.62. The number of aromatic nitrogens is 2. The molecule has 0 aliphatic carbocycles. The van der Waals surface area contributed by atoms with Gasteiger partial charge in [-0.1, -0.05) is 17.7 Å². The highest BCUT2D eigenvalue weighted by molar-refractivity contribution is 6.30. The van der Waals surface area contributed by atoms with Crippen LogP contribution in [0.25, 0.3) is 21.7 Å². The predicted octanol–water partition coefficient (Wildman–Crippen LogP) is 5.02. The molecule has 26 heavy (non-hydrogen) atoms. The van der Waals surface area contributed by atoms with Crippen molar-refractivity contribution in [3.05, 3.63) is 71.3 Å². The van der Waals surface area contributed by atoms with E-state index in [-0.39, 0.29) is 11.1 Å². The van der Waals surface area contributed by atoms with Crippen LogP contribution in [0.3, 0.4) is 0 Å². The molecule has 0 aliphatic rings. The van der Waals surface area contributed by atoms with E-state index < -0.39 is 11.8 Å². The fraction of sp³-hybridized carbons (Fsp3) is 0.